The van der Waals surface area contributed by atoms with Gasteiger partial charge >= 0.3 is 0 Å². The van der Waals surface area contributed by atoms with Gasteiger partial charge in [-0.2, -0.15) is 0 Å². The predicted octanol–water partition coefficient (Wildman–Crippen LogP) is 3.76. The van der Waals surface area contributed by atoms with Gasteiger partial charge in [0, 0.05) is 30.7 Å². The van der Waals surface area contributed by atoms with Gasteiger partial charge in [0.25, 0.3) is 15.9 Å². The van der Waals surface area contributed by atoms with Crippen LogP contribution in [0.5, 0.6) is 5.75 Å². The van der Waals surface area contributed by atoms with Gasteiger partial charge in [-0.1, -0.05) is 30.4 Å². The van der Waals surface area contributed by atoms with Crippen molar-refractivity contribution >= 4 is 27.3 Å². The highest BCUT2D eigenvalue weighted by atomic mass is 32.2. The molecule has 176 valence electrons. The first-order valence-corrected chi connectivity index (χ1v) is 11.9. The van der Waals surface area contributed by atoms with Crippen LogP contribution in [0.1, 0.15) is 27.0 Å². The van der Waals surface area contributed by atoms with Crippen LogP contribution < -0.4 is 15.8 Å². The van der Waals surface area contributed by atoms with E-state index >= 15 is 0 Å². The molecule has 0 atom stereocenters. The fraction of sp³-hybridized carbons (Fsp3) is 0.120. The summed E-state index contributed by atoms with van der Waals surface area (Å²) < 4.78 is 29.1. The number of hydrogen-bond acceptors (Lipinski definition) is 6. The number of phenols is 1. The van der Waals surface area contributed by atoms with Gasteiger partial charge in [-0.3, -0.25) is 14.5 Å². The standard InChI is InChI=1S/C25H26N4O4S/c1-3-6-17-8-5-9-20(11-17)29-34(32,33)24-12-21(25(26)31)23(30)13-22(24)28-16-19-10-18(7-4-2)14-27-15-19/h3-5,8-15,28-30H,1-2,6-7,16H2,(H2,26,31). The van der Waals surface area contributed by atoms with Crippen LogP contribution in [0.3, 0.4) is 0 Å². The summed E-state index contributed by atoms with van der Waals surface area (Å²) in [7, 11) is -4.16. The summed E-state index contributed by atoms with van der Waals surface area (Å²) in [6.45, 7) is 7.63. The number of allylic oxidation sites excluding steroid dienone is 2. The molecule has 2 aromatic carbocycles. The van der Waals surface area contributed by atoms with Crippen LogP contribution >= 0.6 is 0 Å². The summed E-state index contributed by atoms with van der Waals surface area (Å²) in [5.41, 5.74) is 8.11. The topological polar surface area (TPSA) is 134 Å². The number of aromatic hydroxyl groups is 1. The lowest BCUT2D eigenvalue weighted by molar-refractivity contribution is 0.0997. The summed E-state index contributed by atoms with van der Waals surface area (Å²) in [5, 5.41) is 13.3. The highest BCUT2D eigenvalue weighted by molar-refractivity contribution is 7.92. The molecule has 5 N–H and O–H groups in total. The van der Waals surface area contributed by atoms with Crippen LogP contribution in [0.25, 0.3) is 0 Å². The van der Waals surface area contributed by atoms with Gasteiger partial charge in [-0.05, 0) is 47.7 Å². The molecule has 0 aliphatic heterocycles. The van der Waals surface area contributed by atoms with E-state index in [1.165, 1.54) is 6.07 Å². The van der Waals surface area contributed by atoms with E-state index in [2.05, 4.69) is 28.2 Å². The van der Waals surface area contributed by atoms with Crippen LogP contribution in [0.4, 0.5) is 11.4 Å². The van der Waals surface area contributed by atoms with Crippen LogP contribution in [0, 0.1) is 0 Å². The molecule has 0 radical (unpaired) electrons. The summed E-state index contributed by atoms with van der Waals surface area (Å²) in [5.74, 6) is -1.38. The maximum absolute atomic E-state index is 13.3. The lowest BCUT2D eigenvalue weighted by Crippen LogP contribution is -2.18. The van der Waals surface area contributed by atoms with Crippen molar-refractivity contribution in [3.63, 3.8) is 0 Å². The van der Waals surface area contributed by atoms with Crippen LogP contribution in [-0.4, -0.2) is 24.4 Å². The number of nitrogens with zero attached hydrogens (tertiary/aromatic N) is 1. The molecule has 0 saturated carbocycles. The zero-order chi connectivity index (χ0) is 24.7. The molecular formula is C25H26N4O4S. The Morgan fingerprint density at radius 1 is 1.03 bits per heavy atom. The predicted molar refractivity (Wildman–Crippen MR) is 133 cm³/mol. The van der Waals surface area contributed by atoms with E-state index in [1.807, 2.05) is 12.1 Å². The molecule has 3 aromatic rings. The van der Waals surface area contributed by atoms with E-state index in [-0.39, 0.29) is 22.7 Å². The maximum Gasteiger partial charge on any atom is 0.263 e. The van der Waals surface area contributed by atoms with Crippen molar-refractivity contribution in [2.75, 3.05) is 10.0 Å². The molecule has 0 saturated heterocycles. The van der Waals surface area contributed by atoms with Gasteiger partial charge < -0.3 is 16.2 Å². The molecule has 0 aliphatic rings. The van der Waals surface area contributed by atoms with Crippen molar-refractivity contribution in [1.29, 1.82) is 0 Å². The summed E-state index contributed by atoms with van der Waals surface area (Å²) in [6, 6.07) is 11.0. The number of nitrogens with one attached hydrogen (secondary N) is 2. The number of amides is 1. The average Bonchev–Trinajstić information content (AvgIpc) is 2.78. The minimum atomic E-state index is -4.16. The van der Waals surface area contributed by atoms with E-state index in [0.717, 1.165) is 22.8 Å². The summed E-state index contributed by atoms with van der Waals surface area (Å²) in [6.07, 6.45) is 8.06. The molecule has 3 rings (SSSR count). The number of pyridine rings is 1. The quantitative estimate of drug-likeness (QED) is 0.310. The van der Waals surface area contributed by atoms with Crippen LogP contribution in [-0.2, 0) is 29.4 Å². The lowest BCUT2D eigenvalue weighted by atomic mass is 10.1. The first-order chi connectivity index (χ1) is 16.2. The molecule has 0 aliphatic carbocycles. The van der Waals surface area contributed by atoms with Crippen molar-refractivity contribution in [2.24, 2.45) is 5.73 Å². The Bertz CT molecular complexity index is 1340. The molecular weight excluding hydrogens is 452 g/mol. The third kappa shape index (κ3) is 6.02. The van der Waals surface area contributed by atoms with Crippen LogP contribution in [0.15, 0.2) is 85.1 Å². The van der Waals surface area contributed by atoms with Gasteiger partial charge in [0.2, 0.25) is 0 Å². The largest absolute Gasteiger partial charge is 0.507 e. The summed E-state index contributed by atoms with van der Waals surface area (Å²) >= 11 is 0. The number of hydrogen-bond donors (Lipinski definition) is 4. The number of rotatable bonds is 11. The van der Waals surface area contributed by atoms with E-state index in [4.69, 9.17) is 5.73 Å². The SMILES string of the molecule is C=CCc1cncc(CNc2cc(O)c(C(N)=O)cc2S(=O)(=O)Nc2cccc(CC=C)c2)c1. The number of primary amides is 1. The van der Waals surface area contributed by atoms with E-state index in [0.29, 0.717) is 18.5 Å². The fourth-order valence-electron chi connectivity index (χ4n) is 3.38. The molecule has 8 nitrogen and oxygen atoms in total. The van der Waals surface area contributed by atoms with Crippen molar-refractivity contribution in [3.8, 4) is 5.75 Å². The molecule has 1 heterocycles. The Kier molecular flexibility index (Phi) is 7.70. The normalized spacial score (nSPS) is 10.9. The second-order valence-electron chi connectivity index (χ2n) is 7.58. The van der Waals surface area contributed by atoms with Crippen molar-refractivity contribution < 1.29 is 18.3 Å². The molecule has 1 amide bonds. The third-order valence-electron chi connectivity index (χ3n) is 4.93. The first kappa shape index (κ1) is 24.5. The molecule has 9 heteroatoms. The maximum atomic E-state index is 13.3. The smallest absolute Gasteiger partial charge is 0.263 e. The monoisotopic (exact) mass is 478 g/mol. The average molecular weight is 479 g/mol. The van der Waals surface area contributed by atoms with Gasteiger partial charge in [0.15, 0.2) is 0 Å². The zero-order valence-electron chi connectivity index (χ0n) is 18.5. The zero-order valence-corrected chi connectivity index (χ0v) is 19.3. The van der Waals surface area contributed by atoms with E-state index in [1.54, 1.807) is 42.7 Å². The lowest BCUT2D eigenvalue weighted by Gasteiger charge is -2.16. The molecule has 0 fully saturated rings. The number of nitrogens with two attached hydrogens (primary N) is 1. The third-order valence-corrected chi connectivity index (χ3v) is 6.35. The molecule has 0 bridgehead atoms. The Morgan fingerprint density at radius 3 is 2.44 bits per heavy atom. The minimum Gasteiger partial charge on any atom is -0.507 e. The highest BCUT2D eigenvalue weighted by Gasteiger charge is 2.23. The minimum absolute atomic E-state index is 0.103. The fourth-order valence-corrected chi connectivity index (χ4v) is 4.62. The number of sulfonamides is 1. The van der Waals surface area contributed by atoms with Gasteiger partial charge in [-0.25, -0.2) is 8.42 Å². The highest BCUT2D eigenvalue weighted by Crippen LogP contribution is 2.31. The van der Waals surface area contributed by atoms with Crippen molar-refractivity contribution in [2.45, 2.75) is 24.3 Å². The number of carbonyl (C=O) groups excluding carboxylic acids is 1. The van der Waals surface area contributed by atoms with Crippen molar-refractivity contribution in [1.82, 2.24) is 4.98 Å². The van der Waals surface area contributed by atoms with Gasteiger partial charge in [0.05, 0.1) is 11.3 Å². The second kappa shape index (κ2) is 10.7. The molecule has 0 spiro atoms. The van der Waals surface area contributed by atoms with E-state index in [9.17, 15) is 18.3 Å². The molecule has 34 heavy (non-hydrogen) atoms. The number of aromatic nitrogens is 1. The second-order valence-corrected chi connectivity index (χ2v) is 9.23. The Balaban J connectivity index is 1.97. The first-order valence-electron chi connectivity index (χ1n) is 10.4. The Morgan fingerprint density at radius 2 is 1.74 bits per heavy atom. The number of anilines is 2. The number of carbonyl (C=O) groups is 1. The van der Waals surface area contributed by atoms with Crippen molar-refractivity contribution in [3.05, 3.63) is 102 Å². The summed E-state index contributed by atoms with van der Waals surface area (Å²) in [4.78, 5) is 15.7. The van der Waals surface area contributed by atoms with Gasteiger partial charge in [0.1, 0.15) is 10.6 Å². The Labute approximate surface area is 198 Å². The van der Waals surface area contributed by atoms with Crippen LogP contribution in [0.2, 0.25) is 0 Å². The number of benzene rings is 2. The molecule has 1 aromatic heterocycles. The van der Waals surface area contributed by atoms with E-state index < -0.39 is 21.7 Å². The molecule has 0 unspecified atom stereocenters. The Hall–Kier alpha value is -4.11. The van der Waals surface area contributed by atoms with Gasteiger partial charge in [-0.15, -0.1) is 13.2 Å².